The molecule has 0 bridgehead atoms. The van der Waals surface area contributed by atoms with Gasteiger partial charge in [0.2, 0.25) is 5.91 Å². The molecule has 1 aliphatic heterocycles. The number of nitrogens with zero attached hydrogens (tertiary/aromatic N) is 2. The van der Waals surface area contributed by atoms with E-state index in [2.05, 4.69) is 36.4 Å². The zero-order valence-electron chi connectivity index (χ0n) is 24.7. The van der Waals surface area contributed by atoms with Crippen molar-refractivity contribution in [2.24, 2.45) is 5.92 Å². The van der Waals surface area contributed by atoms with Crippen molar-refractivity contribution in [1.29, 1.82) is 0 Å². The van der Waals surface area contributed by atoms with Crippen LogP contribution in [0.3, 0.4) is 0 Å². The maximum absolute atomic E-state index is 13.9. The predicted molar refractivity (Wildman–Crippen MR) is 162 cm³/mol. The minimum Gasteiger partial charge on any atom is -0.347 e. The average Bonchev–Trinajstić information content (AvgIpc) is 3.57. The third kappa shape index (κ3) is 7.01. The second kappa shape index (κ2) is 12.5. The fraction of sp³-hybridized carbons (Fsp3) is 0.469. The molecule has 0 unspecified atom stereocenters. The highest BCUT2D eigenvalue weighted by Crippen LogP contribution is 2.25. The Hall–Kier alpha value is -3.59. The number of likely N-dealkylation sites (tertiary alicyclic amines) is 1. The fourth-order valence-electron chi connectivity index (χ4n) is 5.30. The molecule has 1 aromatic heterocycles. The molecule has 2 N–H and O–H groups in total. The van der Waals surface area contributed by atoms with E-state index in [0.29, 0.717) is 30.5 Å². The van der Waals surface area contributed by atoms with Crippen LogP contribution < -0.4 is 10.6 Å². The van der Waals surface area contributed by atoms with Crippen LogP contribution in [0, 0.1) is 5.92 Å². The number of hydrogen-bond donors (Lipinski definition) is 2. The molecule has 41 heavy (non-hydrogen) atoms. The van der Waals surface area contributed by atoms with Crippen LogP contribution in [0.4, 0.5) is 0 Å². The number of hydrogen-bond acceptors (Lipinski definition) is 6. The predicted octanol–water partition coefficient (Wildman–Crippen LogP) is 5.12. The number of ketones is 1. The third-order valence-electron chi connectivity index (χ3n) is 7.59. The van der Waals surface area contributed by atoms with Gasteiger partial charge in [0.1, 0.15) is 12.1 Å². The van der Waals surface area contributed by atoms with E-state index < -0.39 is 18.1 Å². The number of fused-ring (bicyclic) bond motifs is 1. The summed E-state index contributed by atoms with van der Waals surface area (Å²) in [6, 6.07) is 10.6. The van der Waals surface area contributed by atoms with Crippen molar-refractivity contribution in [3.63, 3.8) is 0 Å². The Kier molecular flexibility index (Phi) is 9.27. The van der Waals surface area contributed by atoms with Crippen LogP contribution in [0.25, 0.3) is 10.2 Å². The molecule has 0 aliphatic carbocycles. The first-order valence-electron chi connectivity index (χ1n) is 14.3. The molecule has 4 rings (SSSR count). The standard InChI is InChI=1S/C32H40N4O4S/c1-7-26(37)28-24(34-30(39)21-10-13-23-27(17-21)41-18-33-23)14-15-36(28)31(40)25(16-19(2)3)35-29(38)20-8-11-22(12-9-20)32(4,5)6/h8-13,17-19,24-25,28H,7,14-16H2,1-6H3,(H,34,39)(H,35,38)/t24-,25+,28+/m1/s1. The molecule has 1 fully saturated rings. The van der Waals surface area contributed by atoms with Gasteiger partial charge >= 0.3 is 0 Å². The first-order chi connectivity index (χ1) is 19.4. The van der Waals surface area contributed by atoms with Crippen LogP contribution in [-0.2, 0) is 15.0 Å². The lowest BCUT2D eigenvalue weighted by Crippen LogP contribution is -2.56. The lowest BCUT2D eigenvalue weighted by molar-refractivity contribution is -0.139. The summed E-state index contributed by atoms with van der Waals surface area (Å²) in [4.78, 5) is 59.3. The molecular weight excluding hydrogens is 536 g/mol. The number of aromatic nitrogens is 1. The van der Waals surface area contributed by atoms with E-state index >= 15 is 0 Å². The van der Waals surface area contributed by atoms with Gasteiger partial charge in [-0.1, -0.05) is 53.7 Å². The van der Waals surface area contributed by atoms with Crippen LogP contribution in [0.2, 0.25) is 0 Å². The van der Waals surface area contributed by atoms with E-state index in [1.165, 1.54) is 11.3 Å². The van der Waals surface area contributed by atoms with Gasteiger partial charge in [-0.3, -0.25) is 19.2 Å². The van der Waals surface area contributed by atoms with Crippen molar-refractivity contribution in [3.05, 3.63) is 64.7 Å². The topological polar surface area (TPSA) is 108 Å². The van der Waals surface area contributed by atoms with Gasteiger partial charge in [0.15, 0.2) is 5.78 Å². The zero-order chi connectivity index (χ0) is 29.9. The van der Waals surface area contributed by atoms with Crippen molar-refractivity contribution in [3.8, 4) is 0 Å². The van der Waals surface area contributed by atoms with Gasteiger partial charge in [0.05, 0.1) is 21.8 Å². The summed E-state index contributed by atoms with van der Waals surface area (Å²) in [5, 5.41) is 5.95. The molecule has 3 aromatic rings. The number of carbonyl (C=O) groups is 4. The molecule has 1 aliphatic rings. The van der Waals surface area contributed by atoms with E-state index in [0.717, 1.165) is 15.8 Å². The summed E-state index contributed by atoms with van der Waals surface area (Å²) in [6.07, 6.45) is 1.11. The smallest absolute Gasteiger partial charge is 0.251 e. The molecule has 0 spiro atoms. The monoisotopic (exact) mass is 576 g/mol. The highest BCUT2D eigenvalue weighted by atomic mass is 32.1. The Bertz CT molecular complexity index is 1420. The summed E-state index contributed by atoms with van der Waals surface area (Å²) in [7, 11) is 0. The van der Waals surface area contributed by atoms with Crippen molar-refractivity contribution in [1.82, 2.24) is 20.5 Å². The van der Waals surface area contributed by atoms with Gasteiger partial charge in [-0.25, -0.2) is 4.98 Å². The van der Waals surface area contributed by atoms with E-state index in [9.17, 15) is 19.2 Å². The number of Topliss-reactive ketones (excluding diaryl/α,β-unsaturated/α-hetero) is 1. The van der Waals surface area contributed by atoms with Crippen LogP contribution in [0.5, 0.6) is 0 Å². The maximum atomic E-state index is 13.9. The Morgan fingerprint density at radius 3 is 2.34 bits per heavy atom. The first kappa shape index (κ1) is 30.4. The van der Waals surface area contributed by atoms with Crippen LogP contribution in [0.15, 0.2) is 48.0 Å². The lowest BCUT2D eigenvalue weighted by atomic mass is 9.86. The zero-order valence-corrected chi connectivity index (χ0v) is 25.5. The second-order valence-corrected chi connectivity index (χ2v) is 13.1. The molecule has 0 radical (unpaired) electrons. The number of carbonyl (C=O) groups excluding carboxylic acids is 4. The highest BCUT2D eigenvalue weighted by molar-refractivity contribution is 7.16. The molecule has 3 amide bonds. The summed E-state index contributed by atoms with van der Waals surface area (Å²) in [5.41, 5.74) is 4.59. The summed E-state index contributed by atoms with van der Waals surface area (Å²) in [5.74, 6) is -0.906. The van der Waals surface area contributed by atoms with Crippen LogP contribution in [-0.4, -0.2) is 58.1 Å². The SMILES string of the molecule is CCC(=O)[C@@H]1[C@H](NC(=O)c2ccc3ncsc3c2)CCN1C(=O)[C@H](CC(C)C)NC(=O)c1ccc(C(C)(C)C)cc1. The van der Waals surface area contributed by atoms with Crippen molar-refractivity contribution >= 4 is 45.1 Å². The molecule has 3 atom stereocenters. The number of thiazole rings is 1. The van der Waals surface area contributed by atoms with E-state index in [1.807, 2.05) is 26.0 Å². The highest BCUT2D eigenvalue weighted by Gasteiger charge is 2.43. The molecule has 0 saturated carbocycles. The van der Waals surface area contributed by atoms with Crippen molar-refractivity contribution in [2.45, 2.75) is 84.3 Å². The largest absolute Gasteiger partial charge is 0.347 e. The van der Waals surface area contributed by atoms with Crippen molar-refractivity contribution in [2.75, 3.05) is 6.54 Å². The van der Waals surface area contributed by atoms with E-state index in [1.54, 1.807) is 47.7 Å². The molecular formula is C32H40N4O4S. The molecule has 2 aromatic carbocycles. The Labute approximate surface area is 245 Å². The van der Waals surface area contributed by atoms with Gasteiger partial charge in [0, 0.05) is 24.1 Å². The van der Waals surface area contributed by atoms with E-state index in [4.69, 9.17) is 0 Å². The third-order valence-corrected chi connectivity index (χ3v) is 8.38. The van der Waals surface area contributed by atoms with Gasteiger partial charge in [-0.05, 0) is 60.1 Å². The average molecular weight is 577 g/mol. The fourth-order valence-corrected chi connectivity index (χ4v) is 6.02. The molecule has 8 nitrogen and oxygen atoms in total. The van der Waals surface area contributed by atoms with Crippen molar-refractivity contribution < 1.29 is 19.2 Å². The normalized spacial score (nSPS) is 18.0. The Morgan fingerprint density at radius 2 is 1.71 bits per heavy atom. The molecule has 1 saturated heterocycles. The van der Waals surface area contributed by atoms with Crippen LogP contribution >= 0.6 is 11.3 Å². The number of rotatable bonds is 9. The van der Waals surface area contributed by atoms with Gasteiger partial charge in [-0.2, -0.15) is 0 Å². The molecule has 9 heteroatoms. The molecule has 218 valence electrons. The number of benzene rings is 2. The number of nitrogens with one attached hydrogen (secondary N) is 2. The second-order valence-electron chi connectivity index (χ2n) is 12.2. The summed E-state index contributed by atoms with van der Waals surface area (Å²) >= 11 is 1.46. The summed E-state index contributed by atoms with van der Waals surface area (Å²) in [6.45, 7) is 12.4. The van der Waals surface area contributed by atoms with Gasteiger partial charge < -0.3 is 15.5 Å². The maximum Gasteiger partial charge on any atom is 0.251 e. The lowest BCUT2D eigenvalue weighted by Gasteiger charge is -2.31. The quantitative estimate of drug-likeness (QED) is 0.368. The van der Waals surface area contributed by atoms with Crippen LogP contribution in [0.1, 0.15) is 87.1 Å². The van der Waals surface area contributed by atoms with Gasteiger partial charge in [-0.15, -0.1) is 11.3 Å². The summed E-state index contributed by atoms with van der Waals surface area (Å²) < 4.78 is 0.905. The number of amides is 3. The minimum atomic E-state index is -0.792. The Morgan fingerprint density at radius 1 is 1.02 bits per heavy atom. The first-order valence-corrected chi connectivity index (χ1v) is 15.2. The minimum absolute atomic E-state index is 0.0401. The van der Waals surface area contributed by atoms with Gasteiger partial charge in [0.25, 0.3) is 11.8 Å². The van der Waals surface area contributed by atoms with E-state index in [-0.39, 0.29) is 41.3 Å². The Balaban J connectivity index is 1.51. The molecule has 2 heterocycles.